The van der Waals surface area contributed by atoms with Crippen molar-refractivity contribution in [3.8, 4) is 0 Å². The predicted molar refractivity (Wildman–Crippen MR) is 73.4 cm³/mol. The Bertz CT molecular complexity index is 214. The van der Waals surface area contributed by atoms with E-state index in [-0.39, 0.29) is 0 Å². The molecular weight excluding hydrogens is 210 g/mol. The fourth-order valence-corrected chi connectivity index (χ4v) is 3.25. The average Bonchev–Trinajstić information content (AvgIpc) is 2.49. The van der Waals surface area contributed by atoms with Gasteiger partial charge in [0.15, 0.2) is 0 Å². The Morgan fingerprint density at radius 1 is 1.18 bits per heavy atom. The Balaban J connectivity index is 1.73. The lowest BCUT2D eigenvalue weighted by Crippen LogP contribution is -2.42. The molecule has 0 aromatic heterocycles. The van der Waals surface area contributed by atoms with Crippen molar-refractivity contribution in [1.29, 1.82) is 0 Å². The van der Waals surface area contributed by atoms with Gasteiger partial charge in [-0.15, -0.1) is 0 Å². The zero-order chi connectivity index (χ0) is 12.1. The number of likely N-dealkylation sites (N-methyl/N-ethyl adjacent to an activating group) is 1. The molecule has 0 radical (unpaired) electrons. The normalized spacial score (nSPS) is 33.5. The fourth-order valence-electron chi connectivity index (χ4n) is 3.25. The monoisotopic (exact) mass is 239 g/mol. The summed E-state index contributed by atoms with van der Waals surface area (Å²) in [5, 5.41) is 3.66. The minimum absolute atomic E-state index is 0.728. The smallest absolute Gasteiger partial charge is 0.0194 e. The highest BCUT2D eigenvalue weighted by Crippen LogP contribution is 2.13. The average molecular weight is 239 g/mol. The van der Waals surface area contributed by atoms with Crippen LogP contribution in [0.4, 0.5) is 0 Å². The third kappa shape index (κ3) is 4.23. The summed E-state index contributed by atoms with van der Waals surface area (Å²) in [5.74, 6) is 0. The van der Waals surface area contributed by atoms with Crippen molar-refractivity contribution in [3.63, 3.8) is 0 Å². The number of nitrogens with one attached hydrogen (secondary N) is 1. The molecule has 2 aliphatic rings. The van der Waals surface area contributed by atoms with E-state index < -0.39 is 0 Å². The molecule has 2 unspecified atom stereocenters. The van der Waals surface area contributed by atoms with Crippen LogP contribution in [0.15, 0.2) is 0 Å². The maximum Gasteiger partial charge on any atom is 0.0194 e. The van der Waals surface area contributed by atoms with Crippen molar-refractivity contribution in [1.82, 2.24) is 15.1 Å². The lowest BCUT2D eigenvalue weighted by molar-refractivity contribution is 0.188. The van der Waals surface area contributed by atoms with Crippen LogP contribution in [0, 0.1) is 0 Å². The molecule has 2 atom stereocenters. The molecule has 2 heterocycles. The Labute approximate surface area is 107 Å². The van der Waals surface area contributed by atoms with E-state index in [0.29, 0.717) is 0 Å². The van der Waals surface area contributed by atoms with Crippen LogP contribution in [0.3, 0.4) is 0 Å². The molecule has 0 aliphatic carbocycles. The van der Waals surface area contributed by atoms with Crippen LogP contribution in [0.5, 0.6) is 0 Å². The first-order chi connectivity index (χ1) is 8.25. The quantitative estimate of drug-likeness (QED) is 0.806. The van der Waals surface area contributed by atoms with Crippen LogP contribution >= 0.6 is 0 Å². The van der Waals surface area contributed by atoms with Gasteiger partial charge in [0, 0.05) is 18.6 Å². The summed E-state index contributed by atoms with van der Waals surface area (Å²) >= 11 is 0. The minimum Gasteiger partial charge on any atom is -0.314 e. The lowest BCUT2D eigenvalue weighted by Gasteiger charge is -2.31. The minimum atomic E-state index is 0.728. The van der Waals surface area contributed by atoms with Crippen LogP contribution in [-0.2, 0) is 0 Å². The van der Waals surface area contributed by atoms with E-state index in [1.54, 1.807) is 0 Å². The molecule has 0 saturated carbocycles. The van der Waals surface area contributed by atoms with E-state index in [1.165, 1.54) is 64.8 Å². The molecular formula is C14H29N3. The molecule has 0 bridgehead atoms. The van der Waals surface area contributed by atoms with E-state index in [9.17, 15) is 0 Å². The van der Waals surface area contributed by atoms with Gasteiger partial charge in [0.2, 0.25) is 0 Å². The first-order valence-electron chi connectivity index (χ1n) is 7.41. The van der Waals surface area contributed by atoms with Gasteiger partial charge in [-0.05, 0) is 65.8 Å². The van der Waals surface area contributed by atoms with Gasteiger partial charge in [-0.25, -0.2) is 0 Å². The van der Waals surface area contributed by atoms with E-state index in [4.69, 9.17) is 0 Å². The summed E-state index contributed by atoms with van der Waals surface area (Å²) in [6.07, 6.45) is 6.87. The van der Waals surface area contributed by atoms with Crippen LogP contribution in [0.25, 0.3) is 0 Å². The number of piperidine rings is 1. The maximum atomic E-state index is 3.66. The first-order valence-corrected chi connectivity index (χ1v) is 7.41. The zero-order valence-corrected chi connectivity index (χ0v) is 11.6. The van der Waals surface area contributed by atoms with Crippen molar-refractivity contribution >= 4 is 0 Å². The van der Waals surface area contributed by atoms with E-state index in [1.807, 2.05) is 0 Å². The van der Waals surface area contributed by atoms with Gasteiger partial charge in [0.25, 0.3) is 0 Å². The van der Waals surface area contributed by atoms with Gasteiger partial charge in [-0.2, -0.15) is 0 Å². The van der Waals surface area contributed by atoms with Crippen molar-refractivity contribution in [2.24, 2.45) is 0 Å². The van der Waals surface area contributed by atoms with Crippen molar-refractivity contribution in [2.45, 2.75) is 51.1 Å². The Morgan fingerprint density at radius 3 is 2.82 bits per heavy atom. The van der Waals surface area contributed by atoms with Crippen LogP contribution < -0.4 is 5.32 Å². The molecule has 2 saturated heterocycles. The molecule has 2 aliphatic heterocycles. The zero-order valence-electron chi connectivity index (χ0n) is 11.6. The fraction of sp³-hybridized carbons (Fsp3) is 1.00. The molecule has 2 fully saturated rings. The summed E-state index contributed by atoms with van der Waals surface area (Å²) in [6, 6.07) is 1.52. The van der Waals surface area contributed by atoms with Gasteiger partial charge in [0.05, 0.1) is 0 Å². The standard InChI is InChI=1S/C14H29N3/c1-13-12-16(2)9-5-10-17(13)11-7-14-6-3-4-8-15-14/h13-15H,3-12H2,1-2H3. The van der Waals surface area contributed by atoms with Crippen LogP contribution in [-0.4, -0.2) is 61.7 Å². The molecule has 3 heteroatoms. The third-order valence-corrected chi connectivity index (χ3v) is 4.36. The van der Waals surface area contributed by atoms with Gasteiger partial charge in [-0.3, -0.25) is 4.90 Å². The lowest BCUT2D eigenvalue weighted by atomic mass is 10.0. The second kappa shape index (κ2) is 6.72. The molecule has 0 amide bonds. The second-order valence-corrected chi connectivity index (χ2v) is 5.94. The van der Waals surface area contributed by atoms with E-state index >= 15 is 0 Å². The number of hydrogen-bond donors (Lipinski definition) is 1. The molecule has 1 N–H and O–H groups in total. The first kappa shape index (κ1) is 13.3. The van der Waals surface area contributed by atoms with Crippen molar-refractivity contribution in [3.05, 3.63) is 0 Å². The number of nitrogens with zero attached hydrogens (tertiary/aromatic N) is 2. The highest BCUT2D eigenvalue weighted by atomic mass is 15.2. The third-order valence-electron chi connectivity index (χ3n) is 4.36. The molecule has 3 nitrogen and oxygen atoms in total. The molecule has 17 heavy (non-hydrogen) atoms. The van der Waals surface area contributed by atoms with E-state index in [2.05, 4.69) is 29.1 Å². The van der Waals surface area contributed by atoms with Gasteiger partial charge in [0.1, 0.15) is 0 Å². The topological polar surface area (TPSA) is 18.5 Å². The van der Waals surface area contributed by atoms with Gasteiger partial charge >= 0.3 is 0 Å². The SMILES string of the molecule is CC1CN(C)CCCN1CCC1CCCCN1. The summed E-state index contributed by atoms with van der Waals surface area (Å²) < 4.78 is 0. The molecule has 100 valence electrons. The number of hydrogen-bond acceptors (Lipinski definition) is 3. The summed E-state index contributed by atoms with van der Waals surface area (Å²) in [4.78, 5) is 5.17. The highest BCUT2D eigenvalue weighted by molar-refractivity contribution is 4.78. The summed E-state index contributed by atoms with van der Waals surface area (Å²) in [7, 11) is 2.25. The predicted octanol–water partition coefficient (Wildman–Crippen LogP) is 1.54. The Kier molecular flexibility index (Phi) is 5.26. The van der Waals surface area contributed by atoms with Crippen LogP contribution in [0.1, 0.15) is 39.0 Å². The van der Waals surface area contributed by atoms with Gasteiger partial charge in [-0.1, -0.05) is 6.42 Å². The molecule has 0 spiro atoms. The molecule has 0 aromatic rings. The summed E-state index contributed by atoms with van der Waals surface area (Å²) in [5.41, 5.74) is 0. The van der Waals surface area contributed by atoms with Crippen molar-refractivity contribution < 1.29 is 0 Å². The second-order valence-electron chi connectivity index (χ2n) is 5.94. The summed E-state index contributed by atoms with van der Waals surface area (Å²) in [6.45, 7) is 8.70. The number of rotatable bonds is 3. The Hall–Kier alpha value is -0.120. The Morgan fingerprint density at radius 2 is 2.06 bits per heavy atom. The largest absolute Gasteiger partial charge is 0.314 e. The van der Waals surface area contributed by atoms with Crippen LogP contribution in [0.2, 0.25) is 0 Å². The maximum absolute atomic E-state index is 3.66. The van der Waals surface area contributed by atoms with Gasteiger partial charge < -0.3 is 10.2 Å². The van der Waals surface area contributed by atoms with E-state index in [0.717, 1.165) is 12.1 Å². The molecule has 0 aromatic carbocycles. The highest BCUT2D eigenvalue weighted by Gasteiger charge is 2.20. The van der Waals surface area contributed by atoms with Crippen molar-refractivity contribution in [2.75, 3.05) is 39.8 Å². The molecule has 2 rings (SSSR count).